The summed E-state index contributed by atoms with van der Waals surface area (Å²) < 4.78 is 2.13. The molecule has 84 valence electrons. The maximum absolute atomic E-state index is 11.6. The molecule has 0 aliphatic rings. The van der Waals surface area contributed by atoms with Crippen molar-refractivity contribution in [2.45, 2.75) is 32.9 Å². The molecule has 1 rings (SSSR count). The molecule has 0 aliphatic carbocycles. The molecule has 0 fully saturated rings. The van der Waals surface area contributed by atoms with Crippen LogP contribution in [-0.4, -0.2) is 22.1 Å². The Labute approximate surface area is 97.8 Å². The maximum Gasteiger partial charge on any atom is 0.267 e. The minimum Gasteiger partial charge on any atom is -0.314 e. The molecule has 15 heavy (non-hydrogen) atoms. The van der Waals surface area contributed by atoms with Crippen LogP contribution in [0.2, 0.25) is 0 Å². The number of hydrogen-bond acceptors (Lipinski definition) is 3. The zero-order chi connectivity index (χ0) is 11.3. The second-order valence-electron chi connectivity index (χ2n) is 3.70. The van der Waals surface area contributed by atoms with Gasteiger partial charge >= 0.3 is 0 Å². The van der Waals surface area contributed by atoms with E-state index in [0.717, 1.165) is 13.0 Å². The van der Waals surface area contributed by atoms with Crippen molar-refractivity contribution >= 4 is 15.9 Å². The SMILES string of the molecule is CC(C)NCCCn1cncc(Br)c1=O. The van der Waals surface area contributed by atoms with Gasteiger partial charge in [0.25, 0.3) is 5.56 Å². The largest absolute Gasteiger partial charge is 0.314 e. The standard InChI is InChI=1S/C10H16BrN3O/c1-8(2)13-4-3-5-14-7-12-6-9(11)10(14)15/h6-8,13H,3-5H2,1-2H3. The fourth-order valence-electron chi connectivity index (χ4n) is 1.22. The summed E-state index contributed by atoms with van der Waals surface area (Å²) in [7, 11) is 0. The Bertz CT molecular complexity index is 362. The van der Waals surface area contributed by atoms with Gasteiger partial charge in [0.2, 0.25) is 0 Å². The molecular formula is C10H16BrN3O. The molecule has 0 amide bonds. The van der Waals surface area contributed by atoms with Gasteiger partial charge in [-0.15, -0.1) is 0 Å². The molecule has 0 radical (unpaired) electrons. The number of rotatable bonds is 5. The second kappa shape index (κ2) is 6.02. The molecule has 4 nitrogen and oxygen atoms in total. The predicted molar refractivity (Wildman–Crippen MR) is 64.0 cm³/mol. The number of halogens is 1. The maximum atomic E-state index is 11.6. The van der Waals surface area contributed by atoms with Crippen LogP contribution in [0.3, 0.4) is 0 Å². The van der Waals surface area contributed by atoms with Crippen LogP contribution in [0.4, 0.5) is 0 Å². The monoisotopic (exact) mass is 273 g/mol. The van der Waals surface area contributed by atoms with E-state index in [9.17, 15) is 4.79 Å². The van der Waals surface area contributed by atoms with Crippen LogP contribution in [0.1, 0.15) is 20.3 Å². The van der Waals surface area contributed by atoms with Gasteiger partial charge in [-0.1, -0.05) is 13.8 Å². The third-order valence-corrected chi connectivity index (χ3v) is 2.53. The number of aryl methyl sites for hydroxylation is 1. The average molecular weight is 274 g/mol. The Morgan fingerprint density at radius 3 is 3.00 bits per heavy atom. The third-order valence-electron chi connectivity index (χ3n) is 1.99. The van der Waals surface area contributed by atoms with E-state index in [4.69, 9.17) is 0 Å². The Morgan fingerprint density at radius 1 is 1.60 bits per heavy atom. The summed E-state index contributed by atoms with van der Waals surface area (Å²) in [4.78, 5) is 15.5. The van der Waals surface area contributed by atoms with E-state index in [1.807, 2.05) is 0 Å². The highest BCUT2D eigenvalue weighted by Crippen LogP contribution is 1.98. The lowest BCUT2D eigenvalue weighted by atomic mass is 10.3. The molecule has 5 heteroatoms. The Morgan fingerprint density at radius 2 is 2.33 bits per heavy atom. The molecule has 0 bridgehead atoms. The first kappa shape index (κ1) is 12.4. The van der Waals surface area contributed by atoms with E-state index in [2.05, 4.69) is 40.1 Å². The quantitative estimate of drug-likeness (QED) is 0.825. The van der Waals surface area contributed by atoms with E-state index in [1.54, 1.807) is 10.9 Å². The van der Waals surface area contributed by atoms with Crippen LogP contribution in [0.15, 0.2) is 21.8 Å². The lowest BCUT2D eigenvalue weighted by Gasteiger charge is -2.08. The fourth-order valence-corrected chi connectivity index (χ4v) is 1.57. The molecule has 1 aromatic rings. The predicted octanol–water partition coefficient (Wildman–Crippen LogP) is 1.39. The summed E-state index contributed by atoms with van der Waals surface area (Å²) in [5.74, 6) is 0. The van der Waals surface area contributed by atoms with Crippen molar-refractivity contribution in [3.8, 4) is 0 Å². The van der Waals surface area contributed by atoms with Gasteiger partial charge in [0.15, 0.2) is 0 Å². The Kier molecular flexibility index (Phi) is 4.98. The van der Waals surface area contributed by atoms with E-state index >= 15 is 0 Å². The highest BCUT2D eigenvalue weighted by atomic mass is 79.9. The summed E-state index contributed by atoms with van der Waals surface area (Å²) >= 11 is 3.17. The molecular weight excluding hydrogens is 258 g/mol. The van der Waals surface area contributed by atoms with Crippen molar-refractivity contribution in [2.75, 3.05) is 6.54 Å². The molecule has 0 saturated carbocycles. The van der Waals surface area contributed by atoms with Crippen molar-refractivity contribution < 1.29 is 0 Å². The minimum atomic E-state index is -0.0189. The van der Waals surface area contributed by atoms with Crippen molar-refractivity contribution in [3.05, 3.63) is 27.4 Å². The van der Waals surface area contributed by atoms with E-state index in [0.29, 0.717) is 17.1 Å². The van der Waals surface area contributed by atoms with Crippen molar-refractivity contribution in [2.24, 2.45) is 0 Å². The minimum absolute atomic E-state index is 0.0189. The molecule has 0 unspecified atom stereocenters. The fraction of sp³-hybridized carbons (Fsp3) is 0.600. The molecule has 1 aromatic heterocycles. The van der Waals surface area contributed by atoms with Gasteiger partial charge in [0.05, 0.1) is 6.33 Å². The Balaban J connectivity index is 2.44. The van der Waals surface area contributed by atoms with Gasteiger partial charge < -0.3 is 5.32 Å². The van der Waals surface area contributed by atoms with Crippen LogP contribution >= 0.6 is 15.9 Å². The lowest BCUT2D eigenvalue weighted by molar-refractivity contribution is 0.526. The first-order valence-corrected chi connectivity index (χ1v) is 5.84. The van der Waals surface area contributed by atoms with Gasteiger partial charge in [0, 0.05) is 18.8 Å². The molecule has 1 N–H and O–H groups in total. The van der Waals surface area contributed by atoms with Crippen LogP contribution in [0, 0.1) is 0 Å². The van der Waals surface area contributed by atoms with Crippen LogP contribution in [-0.2, 0) is 6.54 Å². The first-order valence-electron chi connectivity index (χ1n) is 5.04. The number of aromatic nitrogens is 2. The number of nitrogens with zero attached hydrogens (tertiary/aromatic N) is 2. The summed E-state index contributed by atoms with van der Waals surface area (Å²) in [6, 6.07) is 0.488. The summed E-state index contributed by atoms with van der Waals surface area (Å²) in [6.07, 6.45) is 4.02. The third kappa shape index (κ3) is 4.13. The molecule has 0 aromatic carbocycles. The lowest BCUT2D eigenvalue weighted by Crippen LogP contribution is -2.27. The van der Waals surface area contributed by atoms with E-state index in [1.165, 1.54) is 6.20 Å². The topological polar surface area (TPSA) is 46.9 Å². The molecule has 0 atom stereocenters. The molecule has 0 aliphatic heterocycles. The molecule has 1 heterocycles. The van der Waals surface area contributed by atoms with Gasteiger partial charge in [-0.2, -0.15) is 0 Å². The van der Waals surface area contributed by atoms with Crippen molar-refractivity contribution in [3.63, 3.8) is 0 Å². The smallest absolute Gasteiger partial charge is 0.267 e. The first-order chi connectivity index (χ1) is 7.11. The van der Waals surface area contributed by atoms with Gasteiger partial charge in [-0.05, 0) is 28.9 Å². The molecule has 0 saturated heterocycles. The van der Waals surface area contributed by atoms with Crippen LogP contribution in [0.5, 0.6) is 0 Å². The summed E-state index contributed by atoms with van der Waals surface area (Å²) in [5, 5.41) is 3.30. The van der Waals surface area contributed by atoms with Gasteiger partial charge in [-0.25, -0.2) is 4.98 Å². The average Bonchev–Trinajstić information content (AvgIpc) is 2.18. The number of nitrogens with one attached hydrogen (secondary N) is 1. The van der Waals surface area contributed by atoms with E-state index < -0.39 is 0 Å². The van der Waals surface area contributed by atoms with Gasteiger partial charge in [0.1, 0.15) is 4.47 Å². The summed E-state index contributed by atoms with van der Waals surface area (Å²) in [6.45, 7) is 5.82. The second-order valence-corrected chi connectivity index (χ2v) is 4.56. The number of hydrogen-bond donors (Lipinski definition) is 1. The zero-order valence-electron chi connectivity index (χ0n) is 9.03. The van der Waals surface area contributed by atoms with Crippen LogP contribution in [0.25, 0.3) is 0 Å². The van der Waals surface area contributed by atoms with E-state index in [-0.39, 0.29) is 5.56 Å². The van der Waals surface area contributed by atoms with Crippen molar-refractivity contribution in [1.29, 1.82) is 0 Å². The summed E-state index contributed by atoms with van der Waals surface area (Å²) in [5.41, 5.74) is -0.0189. The Hall–Kier alpha value is -0.680. The highest BCUT2D eigenvalue weighted by molar-refractivity contribution is 9.10. The highest BCUT2D eigenvalue weighted by Gasteiger charge is 2.00. The van der Waals surface area contributed by atoms with Crippen molar-refractivity contribution in [1.82, 2.24) is 14.9 Å². The normalized spacial score (nSPS) is 10.9. The van der Waals surface area contributed by atoms with Crippen LogP contribution < -0.4 is 10.9 Å². The molecule has 0 spiro atoms. The van der Waals surface area contributed by atoms with Gasteiger partial charge in [-0.3, -0.25) is 9.36 Å². The zero-order valence-corrected chi connectivity index (χ0v) is 10.6.